The number of aliphatic hydroxyl groups excluding tert-OH is 1. The number of aromatic nitrogens is 1. The molecule has 1 fully saturated rings. The molecule has 2 heterocycles. The number of nitrogens with zero attached hydrogens (tertiary/aromatic N) is 4. The molecule has 1 N–H and O–H groups in total. The van der Waals surface area contributed by atoms with Crippen LogP contribution in [-0.2, 0) is 6.54 Å². The monoisotopic (exact) mass is 284 g/mol. The van der Waals surface area contributed by atoms with Gasteiger partial charge in [0.25, 0.3) is 0 Å². The van der Waals surface area contributed by atoms with Gasteiger partial charge in [0.2, 0.25) is 0 Å². The Bertz CT molecular complexity index is 396. The highest BCUT2D eigenvalue weighted by Gasteiger charge is 2.24. The maximum Gasteiger partial charge on any atom is 0.185 e. The highest BCUT2D eigenvalue weighted by atomic mass is 32.1. The average Bonchev–Trinajstić information content (AvgIpc) is 2.82. The van der Waals surface area contributed by atoms with Gasteiger partial charge in [-0.3, -0.25) is 4.90 Å². The second kappa shape index (κ2) is 6.65. The topological polar surface area (TPSA) is 42.8 Å². The van der Waals surface area contributed by atoms with Crippen LogP contribution in [0.5, 0.6) is 0 Å². The van der Waals surface area contributed by atoms with E-state index in [0.29, 0.717) is 6.04 Å². The van der Waals surface area contributed by atoms with Gasteiger partial charge in [0, 0.05) is 64.0 Å². The predicted octanol–water partition coefficient (Wildman–Crippen LogP) is 0.707. The van der Waals surface area contributed by atoms with E-state index in [2.05, 4.69) is 21.8 Å². The van der Waals surface area contributed by atoms with Gasteiger partial charge in [0.15, 0.2) is 5.13 Å². The fraction of sp³-hybridized carbons (Fsp3) is 0.769. The van der Waals surface area contributed by atoms with Crippen molar-refractivity contribution in [2.24, 2.45) is 0 Å². The van der Waals surface area contributed by atoms with E-state index in [4.69, 9.17) is 5.11 Å². The molecule has 0 aliphatic carbocycles. The van der Waals surface area contributed by atoms with E-state index in [0.717, 1.165) is 37.7 Å². The quantitative estimate of drug-likeness (QED) is 0.862. The Morgan fingerprint density at radius 2 is 2.26 bits per heavy atom. The van der Waals surface area contributed by atoms with E-state index < -0.39 is 0 Å². The smallest absolute Gasteiger partial charge is 0.185 e. The number of thiazole rings is 1. The van der Waals surface area contributed by atoms with E-state index in [1.807, 2.05) is 25.2 Å². The molecule has 0 spiro atoms. The molecular weight excluding hydrogens is 260 g/mol. The summed E-state index contributed by atoms with van der Waals surface area (Å²) in [5.74, 6) is 0. The van der Waals surface area contributed by atoms with E-state index in [9.17, 15) is 0 Å². The maximum atomic E-state index is 9.12. The Morgan fingerprint density at radius 3 is 2.89 bits per heavy atom. The van der Waals surface area contributed by atoms with Gasteiger partial charge in [-0.25, -0.2) is 4.98 Å². The standard InChI is InChI=1S/C13H24N4OS/c1-15(2)13-14-8-12(19-13)10-17-6-5-16(3)11(9-17)4-7-18/h8,11,18H,4-7,9-10H2,1-3H3/t11-/m1/s1. The predicted molar refractivity (Wildman–Crippen MR) is 79.8 cm³/mol. The van der Waals surface area contributed by atoms with Gasteiger partial charge >= 0.3 is 0 Å². The molecule has 0 bridgehead atoms. The van der Waals surface area contributed by atoms with E-state index >= 15 is 0 Å². The summed E-state index contributed by atoms with van der Waals surface area (Å²) >= 11 is 1.76. The Morgan fingerprint density at radius 1 is 1.47 bits per heavy atom. The third kappa shape index (κ3) is 3.89. The lowest BCUT2D eigenvalue weighted by Crippen LogP contribution is -2.51. The van der Waals surface area contributed by atoms with Gasteiger partial charge in [-0.05, 0) is 13.5 Å². The number of hydrogen-bond acceptors (Lipinski definition) is 6. The SMILES string of the molecule is CN(C)c1ncc(CN2CCN(C)[C@H](CCO)C2)s1. The summed E-state index contributed by atoms with van der Waals surface area (Å²) in [6.07, 6.45) is 2.85. The molecule has 5 nitrogen and oxygen atoms in total. The van der Waals surface area contributed by atoms with Crippen molar-refractivity contribution in [3.05, 3.63) is 11.1 Å². The van der Waals surface area contributed by atoms with E-state index in [-0.39, 0.29) is 6.61 Å². The number of aliphatic hydroxyl groups is 1. The molecule has 1 aliphatic rings. The summed E-state index contributed by atoms with van der Waals surface area (Å²) in [5, 5.41) is 10.2. The summed E-state index contributed by atoms with van der Waals surface area (Å²) < 4.78 is 0. The zero-order valence-corrected chi connectivity index (χ0v) is 12.9. The molecule has 0 amide bonds. The first-order valence-electron chi connectivity index (χ1n) is 6.75. The van der Waals surface area contributed by atoms with Crippen LogP contribution in [-0.4, -0.2) is 73.3 Å². The minimum Gasteiger partial charge on any atom is -0.396 e. The summed E-state index contributed by atoms with van der Waals surface area (Å²) in [5.41, 5.74) is 0. The van der Waals surface area contributed by atoms with Crippen LogP contribution < -0.4 is 4.90 Å². The van der Waals surface area contributed by atoms with Crippen molar-refractivity contribution in [1.29, 1.82) is 0 Å². The third-order valence-electron chi connectivity index (χ3n) is 3.63. The molecule has 0 aromatic carbocycles. The minimum atomic E-state index is 0.272. The average molecular weight is 284 g/mol. The van der Waals surface area contributed by atoms with Crippen molar-refractivity contribution in [2.45, 2.75) is 19.0 Å². The van der Waals surface area contributed by atoms with Gasteiger partial charge in [-0.15, -0.1) is 11.3 Å². The highest BCUT2D eigenvalue weighted by Crippen LogP contribution is 2.23. The fourth-order valence-electron chi connectivity index (χ4n) is 2.41. The van der Waals surface area contributed by atoms with Crippen LogP contribution in [0, 0.1) is 0 Å². The Balaban J connectivity index is 1.91. The molecule has 6 heteroatoms. The zero-order valence-electron chi connectivity index (χ0n) is 12.0. The zero-order chi connectivity index (χ0) is 13.8. The molecule has 1 saturated heterocycles. The second-order valence-electron chi connectivity index (χ2n) is 5.39. The fourth-order valence-corrected chi connectivity index (χ4v) is 3.29. The van der Waals surface area contributed by atoms with Crippen molar-refractivity contribution >= 4 is 16.5 Å². The minimum absolute atomic E-state index is 0.272. The summed E-state index contributed by atoms with van der Waals surface area (Å²) in [6, 6.07) is 0.472. The molecule has 0 radical (unpaired) electrons. The summed E-state index contributed by atoms with van der Waals surface area (Å²) in [4.78, 5) is 12.6. The third-order valence-corrected chi connectivity index (χ3v) is 4.78. The second-order valence-corrected chi connectivity index (χ2v) is 6.48. The van der Waals surface area contributed by atoms with Gasteiger partial charge in [0.1, 0.15) is 0 Å². The van der Waals surface area contributed by atoms with Crippen LogP contribution in [0.15, 0.2) is 6.20 Å². The van der Waals surface area contributed by atoms with Gasteiger partial charge in [-0.2, -0.15) is 0 Å². The molecule has 2 rings (SSSR count). The molecule has 108 valence electrons. The van der Waals surface area contributed by atoms with Gasteiger partial charge in [0.05, 0.1) is 0 Å². The van der Waals surface area contributed by atoms with Crippen molar-refractivity contribution in [3.8, 4) is 0 Å². The van der Waals surface area contributed by atoms with Crippen LogP contribution in [0.1, 0.15) is 11.3 Å². The highest BCUT2D eigenvalue weighted by molar-refractivity contribution is 7.15. The number of rotatable bonds is 5. The van der Waals surface area contributed by atoms with Crippen LogP contribution in [0.4, 0.5) is 5.13 Å². The van der Waals surface area contributed by atoms with Crippen LogP contribution in [0.2, 0.25) is 0 Å². The molecule has 0 unspecified atom stereocenters. The first kappa shape index (κ1) is 14.7. The van der Waals surface area contributed by atoms with E-state index in [1.165, 1.54) is 4.88 Å². The van der Waals surface area contributed by atoms with Crippen molar-refractivity contribution < 1.29 is 5.11 Å². The molecule has 1 aliphatic heterocycles. The lowest BCUT2D eigenvalue weighted by molar-refractivity contribution is 0.0748. The molecule has 0 saturated carbocycles. The van der Waals surface area contributed by atoms with Crippen LogP contribution in [0.25, 0.3) is 0 Å². The van der Waals surface area contributed by atoms with Crippen molar-refractivity contribution in [3.63, 3.8) is 0 Å². The lowest BCUT2D eigenvalue weighted by Gasteiger charge is -2.39. The first-order chi connectivity index (χ1) is 9.10. The molecular formula is C13H24N4OS. The summed E-state index contributed by atoms with van der Waals surface area (Å²) in [7, 11) is 6.19. The number of hydrogen-bond donors (Lipinski definition) is 1. The molecule has 1 atom stereocenters. The Hall–Kier alpha value is -0.690. The largest absolute Gasteiger partial charge is 0.396 e. The van der Waals surface area contributed by atoms with Crippen LogP contribution >= 0.6 is 11.3 Å². The lowest BCUT2D eigenvalue weighted by atomic mass is 10.1. The maximum absolute atomic E-state index is 9.12. The molecule has 1 aromatic rings. The Kier molecular flexibility index (Phi) is 5.15. The number of anilines is 1. The summed E-state index contributed by atoms with van der Waals surface area (Å²) in [6.45, 7) is 4.44. The van der Waals surface area contributed by atoms with Crippen molar-refractivity contribution in [2.75, 3.05) is 52.3 Å². The Labute approximate surface area is 119 Å². The molecule has 19 heavy (non-hydrogen) atoms. The van der Waals surface area contributed by atoms with Crippen LogP contribution in [0.3, 0.4) is 0 Å². The molecule has 1 aromatic heterocycles. The van der Waals surface area contributed by atoms with E-state index in [1.54, 1.807) is 11.3 Å². The number of piperazine rings is 1. The number of likely N-dealkylation sites (N-methyl/N-ethyl adjacent to an activating group) is 1. The van der Waals surface area contributed by atoms with Crippen molar-refractivity contribution in [1.82, 2.24) is 14.8 Å². The van der Waals surface area contributed by atoms with Gasteiger partial charge < -0.3 is 14.9 Å². The first-order valence-corrected chi connectivity index (χ1v) is 7.57. The normalized spacial score (nSPS) is 21.8. The van der Waals surface area contributed by atoms with Gasteiger partial charge in [-0.1, -0.05) is 0 Å².